The van der Waals surface area contributed by atoms with Gasteiger partial charge in [0.1, 0.15) is 11.6 Å². The third-order valence-corrected chi connectivity index (χ3v) is 4.29. The van der Waals surface area contributed by atoms with Crippen LogP contribution in [-0.2, 0) is 6.54 Å². The molecule has 0 amide bonds. The lowest BCUT2D eigenvalue weighted by atomic mass is 10.2. The molecule has 0 radical (unpaired) electrons. The third-order valence-electron chi connectivity index (χ3n) is 4.05. The first-order valence-electron chi connectivity index (χ1n) is 7.23. The van der Waals surface area contributed by atoms with Crippen LogP contribution in [-0.4, -0.2) is 20.6 Å². The van der Waals surface area contributed by atoms with E-state index in [-0.39, 0.29) is 11.3 Å². The Morgan fingerprint density at radius 2 is 2.23 bits per heavy atom. The quantitative estimate of drug-likeness (QED) is 0.899. The number of rotatable bonds is 5. The molecule has 2 aromatic rings. The van der Waals surface area contributed by atoms with Crippen molar-refractivity contribution >= 4 is 17.6 Å². The molecular formula is C16H16ClFN2O2. The SMILES string of the molecule is Cc1c(C(=O)O)nc(-c2cc(Cl)ccc2F)n1CCC1CC1. The van der Waals surface area contributed by atoms with Crippen molar-refractivity contribution in [3.8, 4) is 11.4 Å². The van der Waals surface area contributed by atoms with E-state index in [0.717, 1.165) is 6.42 Å². The number of carboxylic acid groups (broad SMARTS) is 1. The van der Waals surface area contributed by atoms with Crippen LogP contribution in [0.4, 0.5) is 4.39 Å². The van der Waals surface area contributed by atoms with Crippen LogP contribution in [0, 0.1) is 18.7 Å². The van der Waals surface area contributed by atoms with Crippen molar-refractivity contribution < 1.29 is 14.3 Å². The first kappa shape index (κ1) is 15.0. The van der Waals surface area contributed by atoms with E-state index in [1.165, 1.54) is 31.0 Å². The van der Waals surface area contributed by atoms with Crippen LogP contribution < -0.4 is 0 Å². The largest absolute Gasteiger partial charge is 0.476 e. The summed E-state index contributed by atoms with van der Waals surface area (Å²) in [4.78, 5) is 15.5. The van der Waals surface area contributed by atoms with E-state index in [1.54, 1.807) is 11.5 Å². The van der Waals surface area contributed by atoms with Crippen molar-refractivity contribution in [2.45, 2.75) is 32.7 Å². The molecule has 1 N–H and O–H groups in total. The molecule has 6 heteroatoms. The maximum atomic E-state index is 14.1. The molecule has 0 aliphatic heterocycles. The minimum atomic E-state index is -1.11. The maximum Gasteiger partial charge on any atom is 0.356 e. The van der Waals surface area contributed by atoms with E-state index in [9.17, 15) is 14.3 Å². The predicted octanol–water partition coefficient (Wildman–Crippen LogP) is 4.15. The van der Waals surface area contributed by atoms with Crippen molar-refractivity contribution in [2.24, 2.45) is 5.92 Å². The molecule has 1 aliphatic rings. The molecular weight excluding hydrogens is 307 g/mol. The summed E-state index contributed by atoms with van der Waals surface area (Å²) in [6, 6.07) is 4.22. The van der Waals surface area contributed by atoms with Crippen LogP contribution in [0.3, 0.4) is 0 Å². The molecule has 1 aromatic carbocycles. The van der Waals surface area contributed by atoms with Gasteiger partial charge in [0.15, 0.2) is 5.69 Å². The summed E-state index contributed by atoms with van der Waals surface area (Å²) >= 11 is 5.95. The number of carboxylic acids is 1. The molecule has 0 unspecified atom stereocenters. The van der Waals surface area contributed by atoms with Gasteiger partial charge in [0.2, 0.25) is 0 Å². The Bertz CT molecular complexity index is 738. The van der Waals surface area contributed by atoms with Crippen LogP contribution >= 0.6 is 11.6 Å². The van der Waals surface area contributed by atoms with Gasteiger partial charge in [0.25, 0.3) is 0 Å². The smallest absolute Gasteiger partial charge is 0.356 e. The topological polar surface area (TPSA) is 55.1 Å². The van der Waals surface area contributed by atoms with Crippen LogP contribution in [0.1, 0.15) is 35.4 Å². The fourth-order valence-corrected chi connectivity index (χ4v) is 2.77. The summed E-state index contributed by atoms with van der Waals surface area (Å²) in [5, 5.41) is 9.66. The number of nitrogens with zero attached hydrogens (tertiary/aromatic N) is 2. The zero-order valence-corrected chi connectivity index (χ0v) is 12.9. The van der Waals surface area contributed by atoms with Crippen molar-refractivity contribution in [3.63, 3.8) is 0 Å². The second kappa shape index (κ2) is 5.72. The molecule has 1 aliphatic carbocycles. The number of benzene rings is 1. The van der Waals surface area contributed by atoms with Crippen LogP contribution in [0.2, 0.25) is 5.02 Å². The highest BCUT2D eigenvalue weighted by Gasteiger charge is 2.25. The summed E-state index contributed by atoms with van der Waals surface area (Å²) in [7, 11) is 0. The zero-order valence-electron chi connectivity index (χ0n) is 12.1. The average molecular weight is 323 g/mol. The fourth-order valence-electron chi connectivity index (χ4n) is 2.60. The Balaban J connectivity index is 2.09. The minimum absolute atomic E-state index is 0.0369. The van der Waals surface area contributed by atoms with Crippen molar-refractivity contribution in [1.82, 2.24) is 9.55 Å². The molecule has 1 saturated carbocycles. The standard InChI is InChI=1S/C16H16ClFN2O2/c1-9-14(16(21)22)19-15(20(9)7-6-10-2-3-10)12-8-11(17)4-5-13(12)18/h4-5,8,10H,2-3,6-7H2,1H3,(H,21,22). The fraction of sp³-hybridized carbons (Fsp3) is 0.375. The summed E-state index contributed by atoms with van der Waals surface area (Å²) in [5.41, 5.74) is 0.742. The van der Waals surface area contributed by atoms with Crippen molar-refractivity contribution in [3.05, 3.63) is 40.4 Å². The second-order valence-corrected chi connectivity index (χ2v) is 6.12. The van der Waals surface area contributed by atoms with Crippen molar-refractivity contribution in [1.29, 1.82) is 0 Å². The number of aromatic carboxylic acids is 1. The second-order valence-electron chi connectivity index (χ2n) is 5.68. The summed E-state index contributed by atoms with van der Waals surface area (Å²) in [5.74, 6) is -0.548. The Hall–Kier alpha value is -1.88. The average Bonchev–Trinajstić information content (AvgIpc) is 3.23. The predicted molar refractivity (Wildman–Crippen MR) is 81.7 cm³/mol. The molecule has 0 atom stereocenters. The number of hydrogen-bond acceptors (Lipinski definition) is 2. The van der Waals surface area contributed by atoms with E-state index >= 15 is 0 Å². The lowest BCUT2D eigenvalue weighted by molar-refractivity contribution is 0.0690. The van der Waals surface area contributed by atoms with Crippen LogP contribution in [0.25, 0.3) is 11.4 Å². The highest BCUT2D eigenvalue weighted by Crippen LogP contribution is 2.34. The number of imidazole rings is 1. The van der Waals surface area contributed by atoms with Crippen LogP contribution in [0.15, 0.2) is 18.2 Å². The number of aromatic nitrogens is 2. The van der Waals surface area contributed by atoms with Gasteiger partial charge in [0.05, 0.1) is 5.56 Å². The summed E-state index contributed by atoms with van der Waals surface area (Å²) in [6.45, 7) is 2.34. The molecule has 4 nitrogen and oxygen atoms in total. The first-order valence-corrected chi connectivity index (χ1v) is 7.61. The molecule has 116 valence electrons. The van der Waals surface area contributed by atoms with E-state index < -0.39 is 11.8 Å². The maximum absolute atomic E-state index is 14.1. The monoisotopic (exact) mass is 322 g/mol. The van der Waals surface area contributed by atoms with E-state index in [0.29, 0.717) is 29.0 Å². The Labute approximate surface area is 132 Å². The molecule has 1 heterocycles. The molecule has 3 rings (SSSR count). The van der Waals surface area contributed by atoms with Gasteiger partial charge < -0.3 is 9.67 Å². The third kappa shape index (κ3) is 2.86. The molecule has 0 bridgehead atoms. The summed E-state index contributed by atoms with van der Waals surface area (Å²) in [6.07, 6.45) is 3.37. The highest BCUT2D eigenvalue weighted by molar-refractivity contribution is 6.30. The van der Waals surface area contributed by atoms with E-state index in [4.69, 9.17) is 11.6 Å². The summed E-state index contributed by atoms with van der Waals surface area (Å²) < 4.78 is 15.9. The van der Waals surface area contributed by atoms with E-state index in [2.05, 4.69) is 4.98 Å². The molecule has 1 fully saturated rings. The molecule has 0 spiro atoms. The van der Waals surface area contributed by atoms with Gasteiger partial charge in [-0.25, -0.2) is 14.2 Å². The van der Waals surface area contributed by atoms with E-state index in [1.807, 2.05) is 0 Å². The lowest BCUT2D eigenvalue weighted by Crippen LogP contribution is -2.06. The Morgan fingerprint density at radius 3 is 2.86 bits per heavy atom. The highest BCUT2D eigenvalue weighted by atomic mass is 35.5. The number of hydrogen-bond donors (Lipinski definition) is 1. The van der Waals surface area contributed by atoms with Gasteiger partial charge in [-0.1, -0.05) is 24.4 Å². The Kier molecular flexibility index (Phi) is 3.91. The van der Waals surface area contributed by atoms with Gasteiger partial charge >= 0.3 is 5.97 Å². The normalized spacial score (nSPS) is 14.3. The van der Waals surface area contributed by atoms with Gasteiger partial charge in [-0.05, 0) is 37.5 Å². The Morgan fingerprint density at radius 1 is 1.50 bits per heavy atom. The van der Waals surface area contributed by atoms with Gasteiger partial charge in [-0.3, -0.25) is 0 Å². The molecule has 0 saturated heterocycles. The van der Waals surface area contributed by atoms with Crippen molar-refractivity contribution in [2.75, 3.05) is 0 Å². The lowest BCUT2D eigenvalue weighted by Gasteiger charge is -2.10. The van der Waals surface area contributed by atoms with Gasteiger partial charge in [-0.15, -0.1) is 0 Å². The van der Waals surface area contributed by atoms with Gasteiger partial charge in [-0.2, -0.15) is 0 Å². The molecule has 1 aromatic heterocycles. The molecule has 22 heavy (non-hydrogen) atoms. The zero-order chi connectivity index (χ0) is 15.9. The van der Waals surface area contributed by atoms with Crippen LogP contribution in [0.5, 0.6) is 0 Å². The minimum Gasteiger partial charge on any atom is -0.476 e. The number of carbonyl (C=O) groups is 1. The van der Waals surface area contributed by atoms with Gasteiger partial charge in [0, 0.05) is 17.3 Å². The number of halogens is 2. The first-order chi connectivity index (χ1) is 10.5.